The van der Waals surface area contributed by atoms with Gasteiger partial charge in [-0.05, 0) is 70.1 Å². The summed E-state index contributed by atoms with van der Waals surface area (Å²) in [6, 6.07) is 17.6. The molecule has 178 valence electrons. The largest absolute Gasteiger partial charge is 0.493 e. The number of methoxy groups -OCH3 is 1. The molecule has 0 aliphatic rings. The summed E-state index contributed by atoms with van der Waals surface area (Å²) >= 11 is 6.82. The Balaban J connectivity index is 1.44. The summed E-state index contributed by atoms with van der Waals surface area (Å²) < 4.78 is 14.1. The van der Waals surface area contributed by atoms with Gasteiger partial charge in [0.1, 0.15) is 6.61 Å². The highest BCUT2D eigenvalue weighted by molar-refractivity contribution is 14.1. The molecule has 3 aromatic carbocycles. The Labute approximate surface area is 226 Å². The van der Waals surface area contributed by atoms with E-state index >= 15 is 0 Å². The Morgan fingerprint density at radius 1 is 1.20 bits per heavy atom. The van der Waals surface area contributed by atoms with Crippen molar-refractivity contribution in [1.82, 2.24) is 5.43 Å². The van der Waals surface area contributed by atoms with Gasteiger partial charge in [-0.25, -0.2) is 5.43 Å². The molecule has 1 heterocycles. The van der Waals surface area contributed by atoms with E-state index in [0.29, 0.717) is 28.4 Å². The van der Waals surface area contributed by atoms with Crippen molar-refractivity contribution in [1.29, 1.82) is 0 Å². The number of hydrogen-bond acceptors (Lipinski definition) is 7. The van der Waals surface area contributed by atoms with Crippen molar-refractivity contribution in [3.05, 3.63) is 94.8 Å². The maximum atomic E-state index is 12.5. The Kier molecular flexibility index (Phi) is 7.98. The van der Waals surface area contributed by atoms with Crippen molar-refractivity contribution in [3.63, 3.8) is 0 Å². The van der Waals surface area contributed by atoms with Gasteiger partial charge in [-0.3, -0.25) is 14.9 Å². The number of benzene rings is 3. The fourth-order valence-electron chi connectivity index (χ4n) is 3.17. The molecule has 35 heavy (non-hydrogen) atoms. The molecule has 11 heteroatoms. The van der Waals surface area contributed by atoms with Crippen molar-refractivity contribution in [3.8, 4) is 11.5 Å². The number of carbonyl (C=O) groups is 1. The summed E-state index contributed by atoms with van der Waals surface area (Å²) in [4.78, 5) is 23.4. The third-order valence-electron chi connectivity index (χ3n) is 4.86. The number of non-ortho nitro benzene ring substituents is 1. The molecule has 0 aliphatic carbocycles. The number of amides is 1. The first-order valence-electron chi connectivity index (χ1n) is 10.1. The van der Waals surface area contributed by atoms with Gasteiger partial charge < -0.3 is 9.47 Å². The second-order valence-corrected chi connectivity index (χ2v) is 10.4. The van der Waals surface area contributed by atoms with Crippen LogP contribution in [0.4, 0.5) is 5.69 Å². The molecule has 0 atom stereocenters. The lowest BCUT2D eigenvalue weighted by molar-refractivity contribution is -0.384. The standard InChI is InChI=1S/C24H17BrIN3O5S/c1-33-20-9-15(8-19(26)23(20)34-13-14-2-4-17(25)5-3-14)12-27-28-24(30)22-11-16-10-18(29(31)32)6-7-21(16)35-22/h2-12H,13H2,1H3,(H,28,30)/b27-12-. The summed E-state index contributed by atoms with van der Waals surface area (Å²) in [7, 11) is 1.56. The van der Waals surface area contributed by atoms with Crippen molar-refractivity contribution in [2.45, 2.75) is 6.61 Å². The second-order valence-electron chi connectivity index (χ2n) is 7.24. The van der Waals surface area contributed by atoms with Gasteiger partial charge in [0.25, 0.3) is 11.6 Å². The van der Waals surface area contributed by atoms with Crippen molar-refractivity contribution in [2.75, 3.05) is 7.11 Å². The van der Waals surface area contributed by atoms with Crippen LogP contribution in [0.25, 0.3) is 10.1 Å². The number of hydrogen-bond donors (Lipinski definition) is 1. The highest BCUT2D eigenvalue weighted by Gasteiger charge is 2.14. The Morgan fingerprint density at radius 2 is 1.97 bits per heavy atom. The molecule has 1 amide bonds. The van der Waals surface area contributed by atoms with E-state index < -0.39 is 10.8 Å². The molecule has 8 nitrogen and oxygen atoms in total. The molecule has 0 fully saturated rings. The zero-order valence-electron chi connectivity index (χ0n) is 18.2. The van der Waals surface area contributed by atoms with Gasteiger partial charge in [-0.2, -0.15) is 5.10 Å². The summed E-state index contributed by atoms with van der Waals surface area (Å²) in [5.41, 5.74) is 4.22. The number of nitro benzene ring substituents is 1. The van der Waals surface area contributed by atoms with Crippen LogP contribution in [0.15, 0.2) is 70.2 Å². The van der Waals surface area contributed by atoms with E-state index in [2.05, 4.69) is 49.0 Å². The third kappa shape index (κ3) is 6.16. The highest BCUT2D eigenvalue weighted by atomic mass is 127. The van der Waals surface area contributed by atoms with E-state index in [4.69, 9.17) is 9.47 Å². The van der Waals surface area contributed by atoms with Gasteiger partial charge in [0.15, 0.2) is 11.5 Å². The SMILES string of the molecule is COc1cc(/C=N\NC(=O)c2cc3cc([N+](=O)[O-])ccc3s2)cc(I)c1OCc1ccc(Br)cc1. The molecule has 4 rings (SSSR count). The Hall–Kier alpha value is -3.03. The monoisotopic (exact) mass is 665 g/mol. The predicted octanol–water partition coefficient (Wildman–Crippen LogP) is 6.53. The number of fused-ring (bicyclic) bond motifs is 1. The molecule has 1 N–H and O–H groups in total. The van der Waals surface area contributed by atoms with E-state index in [0.717, 1.165) is 23.9 Å². The number of ether oxygens (including phenoxy) is 2. The van der Waals surface area contributed by atoms with Crippen LogP contribution < -0.4 is 14.9 Å². The lowest BCUT2D eigenvalue weighted by atomic mass is 10.2. The van der Waals surface area contributed by atoms with Crippen molar-refractivity contribution in [2.24, 2.45) is 5.10 Å². The average Bonchev–Trinajstić information content (AvgIpc) is 3.27. The van der Waals surface area contributed by atoms with Crippen molar-refractivity contribution >= 4 is 77.8 Å². The lowest BCUT2D eigenvalue weighted by Crippen LogP contribution is -2.16. The summed E-state index contributed by atoms with van der Waals surface area (Å²) in [6.45, 7) is 0.390. The quantitative estimate of drug-likeness (QED) is 0.0998. The maximum Gasteiger partial charge on any atom is 0.281 e. The predicted molar refractivity (Wildman–Crippen MR) is 148 cm³/mol. The Morgan fingerprint density at radius 3 is 2.69 bits per heavy atom. The summed E-state index contributed by atoms with van der Waals surface area (Å²) in [5, 5.41) is 15.6. The summed E-state index contributed by atoms with van der Waals surface area (Å²) in [6.07, 6.45) is 1.51. The van der Waals surface area contributed by atoms with Crippen LogP contribution in [-0.2, 0) is 6.61 Å². The Bertz CT molecular complexity index is 1440. The van der Waals surface area contributed by atoms with Gasteiger partial charge in [-0.1, -0.05) is 28.1 Å². The highest BCUT2D eigenvalue weighted by Crippen LogP contribution is 2.34. The first-order valence-corrected chi connectivity index (χ1v) is 12.8. The fourth-order valence-corrected chi connectivity index (χ4v) is 5.15. The van der Waals surface area contributed by atoms with E-state index in [-0.39, 0.29) is 5.69 Å². The van der Waals surface area contributed by atoms with Gasteiger partial charge >= 0.3 is 0 Å². The van der Waals surface area contributed by atoms with Crippen LogP contribution in [0, 0.1) is 13.7 Å². The number of nitro groups is 1. The molecule has 4 aromatic rings. The minimum absolute atomic E-state index is 0.0203. The van der Waals surface area contributed by atoms with Gasteiger partial charge in [0.2, 0.25) is 0 Å². The number of nitrogens with zero attached hydrogens (tertiary/aromatic N) is 2. The van der Waals surface area contributed by atoms with E-state index in [1.807, 2.05) is 30.3 Å². The second kappa shape index (κ2) is 11.1. The van der Waals surface area contributed by atoms with E-state index in [9.17, 15) is 14.9 Å². The van der Waals surface area contributed by atoms with Crippen LogP contribution in [-0.4, -0.2) is 24.2 Å². The van der Waals surface area contributed by atoms with Crippen molar-refractivity contribution < 1.29 is 19.2 Å². The van der Waals surface area contributed by atoms with Crippen LogP contribution in [0.2, 0.25) is 0 Å². The molecule has 0 aliphatic heterocycles. The van der Waals surface area contributed by atoms with Gasteiger partial charge in [0.05, 0.1) is 26.7 Å². The smallest absolute Gasteiger partial charge is 0.281 e. The topological polar surface area (TPSA) is 103 Å². The third-order valence-corrected chi connectivity index (χ3v) is 7.31. The minimum Gasteiger partial charge on any atom is -0.493 e. The molecular formula is C24H17BrIN3O5S. The summed E-state index contributed by atoms with van der Waals surface area (Å²) in [5.74, 6) is 0.769. The minimum atomic E-state index is -0.464. The number of nitrogens with one attached hydrogen (secondary N) is 1. The molecular weight excluding hydrogens is 649 g/mol. The normalized spacial score (nSPS) is 11.1. The van der Waals surface area contributed by atoms with Gasteiger partial charge in [-0.15, -0.1) is 11.3 Å². The van der Waals surface area contributed by atoms with E-state index in [1.54, 1.807) is 25.3 Å². The maximum absolute atomic E-state index is 12.5. The molecule has 0 bridgehead atoms. The molecule has 0 spiro atoms. The fraction of sp³-hybridized carbons (Fsp3) is 0.0833. The van der Waals surface area contributed by atoms with Crippen LogP contribution in [0.1, 0.15) is 20.8 Å². The molecule has 0 radical (unpaired) electrons. The van der Waals surface area contributed by atoms with E-state index in [1.165, 1.54) is 29.7 Å². The van der Waals surface area contributed by atoms with Crippen LogP contribution >= 0.6 is 49.9 Å². The molecule has 1 aromatic heterocycles. The molecule has 0 saturated heterocycles. The first kappa shape index (κ1) is 25.1. The number of hydrazone groups is 1. The number of thiophene rings is 1. The number of carbonyl (C=O) groups excluding carboxylic acids is 1. The average molecular weight is 666 g/mol. The van der Waals surface area contributed by atoms with Gasteiger partial charge in [0, 0.05) is 26.7 Å². The molecule has 0 unspecified atom stereocenters. The lowest BCUT2D eigenvalue weighted by Gasteiger charge is -2.13. The zero-order valence-corrected chi connectivity index (χ0v) is 22.7. The van der Waals surface area contributed by atoms with Crippen LogP contribution in [0.3, 0.4) is 0 Å². The number of halogens is 2. The van der Waals surface area contributed by atoms with Crippen LogP contribution in [0.5, 0.6) is 11.5 Å². The first-order chi connectivity index (χ1) is 16.8. The molecule has 0 saturated carbocycles. The number of rotatable bonds is 8. The zero-order chi connectivity index (χ0) is 24.9.